The molecule has 0 aromatic carbocycles. The van der Waals surface area contributed by atoms with Crippen LogP contribution >= 0.6 is 11.8 Å². The van der Waals surface area contributed by atoms with E-state index in [1.54, 1.807) is 18.5 Å². The van der Waals surface area contributed by atoms with Crippen LogP contribution in [0.4, 0.5) is 5.82 Å². The minimum Gasteiger partial charge on any atom is -0.384 e. The number of hydrogen-bond donors (Lipinski definition) is 1. The first-order valence-electron chi connectivity index (χ1n) is 5.92. The van der Waals surface area contributed by atoms with Gasteiger partial charge in [0.25, 0.3) is 5.56 Å². The van der Waals surface area contributed by atoms with Gasteiger partial charge in [-0.15, -0.1) is 0 Å². The number of hydrogen-bond acceptors (Lipinski definition) is 7. The Labute approximate surface area is 123 Å². The maximum atomic E-state index is 12.2. The summed E-state index contributed by atoms with van der Waals surface area (Å²) in [5, 5.41) is 0.422. The van der Waals surface area contributed by atoms with E-state index < -0.39 is 17.0 Å². The first-order valence-corrected chi connectivity index (χ1v) is 6.90. The smallest absolute Gasteiger partial charge is 0.332 e. The van der Waals surface area contributed by atoms with Crippen molar-refractivity contribution < 1.29 is 4.79 Å². The van der Waals surface area contributed by atoms with E-state index in [0.29, 0.717) is 5.16 Å². The third kappa shape index (κ3) is 2.87. The van der Waals surface area contributed by atoms with Crippen molar-refractivity contribution in [3.63, 3.8) is 0 Å². The van der Waals surface area contributed by atoms with Gasteiger partial charge >= 0.3 is 5.69 Å². The molecule has 2 aromatic rings. The van der Waals surface area contributed by atoms with E-state index in [0.717, 1.165) is 20.9 Å². The molecule has 8 nitrogen and oxygen atoms in total. The molecule has 2 rings (SSSR count). The average molecular weight is 307 g/mol. The molecule has 0 fully saturated rings. The number of carbonyl (C=O) groups is 1. The summed E-state index contributed by atoms with van der Waals surface area (Å²) in [6.45, 7) is 0. The summed E-state index contributed by atoms with van der Waals surface area (Å²) < 4.78 is 1.92. The van der Waals surface area contributed by atoms with Crippen molar-refractivity contribution in [2.45, 2.75) is 5.16 Å². The maximum absolute atomic E-state index is 12.2. The molecule has 21 heavy (non-hydrogen) atoms. The Bertz CT molecular complexity index is 797. The monoisotopic (exact) mass is 307 g/mol. The van der Waals surface area contributed by atoms with Gasteiger partial charge in [-0.2, -0.15) is 0 Å². The number of nitrogens with two attached hydrogens (primary N) is 1. The van der Waals surface area contributed by atoms with Crippen LogP contribution in [0, 0.1) is 0 Å². The van der Waals surface area contributed by atoms with Crippen LogP contribution < -0.4 is 17.0 Å². The van der Waals surface area contributed by atoms with Gasteiger partial charge in [0, 0.05) is 26.5 Å². The largest absolute Gasteiger partial charge is 0.384 e. The molecule has 0 aliphatic carbocycles. The fourth-order valence-corrected chi connectivity index (χ4v) is 2.36. The lowest BCUT2D eigenvalue weighted by atomic mass is 10.2. The Morgan fingerprint density at radius 3 is 2.48 bits per heavy atom. The lowest BCUT2D eigenvalue weighted by molar-refractivity contribution is 0.102. The molecule has 0 aliphatic rings. The van der Waals surface area contributed by atoms with Gasteiger partial charge in [-0.05, 0) is 6.07 Å². The first-order chi connectivity index (χ1) is 9.93. The quantitative estimate of drug-likeness (QED) is 0.457. The van der Waals surface area contributed by atoms with Gasteiger partial charge in [-0.3, -0.25) is 18.7 Å². The molecule has 110 valence electrons. The third-order valence-corrected chi connectivity index (χ3v) is 3.74. The van der Waals surface area contributed by atoms with Crippen molar-refractivity contribution in [2.24, 2.45) is 14.1 Å². The second-order valence-electron chi connectivity index (χ2n) is 4.21. The van der Waals surface area contributed by atoms with Crippen LogP contribution in [0.15, 0.2) is 33.2 Å². The Kier molecular flexibility index (Phi) is 4.22. The molecule has 2 N–H and O–H groups in total. The molecule has 2 aromatic heterocycles. The summed E-state index contributed by atoms with van der Waals surface area (Å²) in [5.41, 5.74) is 4.24. The minimum atomic E-state index is -0.699. The molecule has 0 saturated heterocycles. The molecular formula is C12H13N5O3S. The molecule has 0 spiro atoms. The molecule has 0 unspecified atom stereocenters. The second-order valence-corrected chi connectivity index (χ2v) is 5.15. The van der Waals surface area contributed by atoms with E-state index in [2.05, 4.69) is 9.97 Å². The van der Waals surface area contributed by atoms with E-state index >= 15 is 0 Å². The molecule has 0 saturated carbocycles. The number of thioether (sulfide) groups is 1. The predicted molar refractivity (Wildman–Crippen MR) is 78.4 cm³/mol. The molecule has 0 amide bonds. The Morgan fingerprint density at radius 1 is 1.24 bits per heavy atom. The Morgan fingerprint density at radius 2 is 1.86 bits per heavy atom. The number of carbonyl (C=O) groups excluding carboxylic acids is 1. The summed E-state index contributed by atoms with van der Waals surface area (Å²) in [6.07, 6.45) is 3.11. The van der Waals surface area contributed by atoms with Crippen LogP contribution in [0.2, 0.25) is 0 Å². The summed E-state index contributed by atoms with van der Waals surface area (Å²) in [5.74, 6) is -0.648. The zero-order valence-electron chi connectivity index (χ0n) is 11.4. The zero-order valence-corrected chi connectivity index (χ0v) is 12.3. The lowest BCUT2D eigenvalue weighted by Gasteiger charge is -2.10. The van der Waals surface area contributed by atoms with Crippen LogP contribution in [-0.4, -0.2) is 30.6 Å². The van der Waals surface area contributed by atoms with Crippen molar-refractivity contribution in [1.29, 1.82) is 0 Å². The molecule has 2 heterocycles. The second kappa shape index (κ2) is 5.92. The summed E-state index contributed by atoms with van der Waals surface area (Å²) in [4.78, 5) is 43.8. The van der Waals surface area contributed by atoms with Crippen LogP contribution in [0.3, 0.4) is 0 Å². The summed E-state index contributed by atoms with van der Waals surface area (Å²) >= 11 is 1.09. The van der Waals surface area contributed by atoms with Crippen LogP contribution in [-0.2, 0) is 14.1 Å². The highest BCUT2D eigenvalue weighted by Crippen LogP contribution is 2.14. The molecule has 9 heteroatoms. The van der Waals surface area contributed by atoms with Gasteiger partial charge in [0.05, 0.1) is 5.75 Å². The number of nitrogens with zero attached hydrogens (tertiary/aromatic N) is 4. The van der Waals surface area contributed by atoms with E-state index in [-0.39, 0.29) is 17.1 Å². The number of ketones is 1. The molecule has 0 bridgehead atoms. The van der Waals surface area contributed by atoms with Crippen molar-refractivity contribution >= 4 is 23.4 Å². The molecule has 0 atom stereocenters. The van der Waals surface area contributed by atoms with Crippen LogP contribution in [0.1, 0.15) is 10.4 Å². The number of nitrogen functional groups attached to an aromatic ring is 1. The van der Waals surface area contributed by atoms with Crippen molar-refractivity contribution in [3.05, 3.63) is 44.9 Å². The van der Waals surface area contributed by atoms with E-state index in [4.69, 9.17) is 5.73 Å². The van der Waals surface area contributed by atoms with Crippen molar-refractivity contribution in [3.8, 4) is 0 Å². The van der Waals surface area contributed by atoms with Crippen LogP contribution in [0.25, 0.3) is 0 Å². The maximum Gasteiger partial charge on any atom is 0.332 e. The Balaban J connectivity index is 2.32. The molecule has 0 radical (unpaired) electrons. The zero-order chi connectivity index (χ0) is 15.6. The van der Waals surface area contributed by atoms with E-state index in [1.165, 1.54) is 14.1 Å². The third-order valence-electron chi connectivity index (χ3n) is 2.86. The summed E-state index contributed by atoms with van der Waals surface area (Å²) in [6, 6.07) is 1.66. The highest BCUT2D eigenvalue weighted by Gasteiger charge is 2.20. The SMILES string of the molecule is Cn1c(N)c(C(=O)CSc2ncccn2)c(=O)n(C)c1=O. The normalized spacial score (nSPS) is 10.6. The van der Waals surface area contributed by atoms with Gasteiger partial charge < -0.3 is 5.73 Å². The van der Waals surface area contributed by atoms with Crippen molar-refractivity contribution in [1.82, 2.24) is 19.1 Å². The fourth-order valence-electron chi connectivity index (χ4n) is 1.68. The number of aromatic nitrogens is 4. The Hall–Kier alpha value is -2.42. The topological polar surface area (TPSA) is 113 Å². The molecule has 0 aliphatic heterocycles. The number of anilines is 1. The standard InChI is InChI=1S/C12H13N5O3S/c1-16-9(13)8(10(19)17(2)12(16)20)7(18)6-21-11-14-4-3-5-15-11/h3-5H,6,13H2,1-2H3. The van der Waals surface area contributed by atoms with Gasteiger partial charge in [-0.25, -0.2) is 14.8 Å². The molecular weight excluding hydrogens is 294 g/mol. The van der Waals surface area contributed by atoms with Gasteiger partial charge in [0.15, 0.2) is 10.9 Å². The van der Waals surface area contributed by atoms with Crippen molar-refractivity contribution in [2.75, 3.05) is 11.5 Å². The first kappa shape index (κ1) is 15.0. The van der Waals surface area contributed by atoms with E-state index in [1.807, 2.05) is 0 Å². The number of rotatable bonds is 4. The fraction of sp³-hybridized carbons (Fsp3) is 0.250. The highest BCUT2D eigenvalue weighted by atomic mass is 32.2. The predicted octanol–water partition coefficient (Wildman–Crippen LogP) is -0.569. The lowest BCUT2D eigenvalue weighted by Crippen LogP contribution is -2.41. The van der Waals surface area contributed by atoms with Gasteiger partial charge in [0.2, 0.25) is 0 Å². The van der Waals surface area contributed by atoms with Gasteiger partial charge in [0.1, 0.15) is 11.4 Å². The summed E-state index contributed by atoms with van der Waals surface area (Å²) in [7, 11) is 2.70. The van der Waals surface area contributed by atoms with Gasteiger partial charge in [-0.1, -0.05) is 11.8 Å². The highest BCUT2D eigenvalue weighted by molar-refractivity contribution is 7.99. The van der Waals surface area contributed by atoms with Crippen LogP contribution in [0.5, 0.6) is 0 Å². The minimum absolute atomic E-state index is 0.0400. The van der Waals surface area contributed by atoms with E-state index in [9.17, 15) is 14.4 Å². The number of Topliss-reactive ketones (excluding diaryl/α,β-unsaturated/α-hetero) is 1. The average Bonchev–Trinajstić information content (AvgIpc) is 2.50.